The van der Waals surface area contributed by atoms with E-state index in [-0.39, 0.29) is 5.25 Å². The van der Waals surface area contributed by atoms with Crippen LogP contribution in [-0.2, 0) is 9.84 Å². The molecular formula is C17H18ClN3O2S. The van der Waals surface area contributed by atoms with E-state index in [2.05, 4.69) is 15.0 Å². The molecule has 1 aromatic carbocycles. The molecule has 1 aliphatic rings. The predicted molar refractivity (Wildman–Crippen MR) is 95.1 cm³/mol. The molecule has 0 spiro atoms. The summed E-state index contributed by atoms with van der Waals surface area (Å²) < 4.78 is 26.6. The van der Waals surface area contributed by atoms with E-state index in [1.165, 1.54) is 0 Å². The fraction of sp³-hybridized carbons (Fsp3) is 0.353. The first kappa shape index (κ1) is 15.7. The Morgan fingerprint density at radius 2 is 1.96 bits per heavy atom. The number of hydrogen-bond donors (Lipinski definition) is 2. The summed E-state index contributed by atoms with van der Waals surface area (Å²) in [5, 5.41) is 0.829. The van der Waals surface area contributed by atoms with Gasteiger partial charge in [0.2, 0.25) is 0 Å². The maximum atomic E-state index is 13.3. The van der Waals surface area contributed by atoms with Crippen molar-refractivity contribution in [3.63, 3.8) is 0 Å². The minimum atomic E-state index is -3.46. The van der Waals surface area contributed by atoms with Gasteiger partial charge in [-0.2, -0.15) is 0 Å². The summed E-state index contributed by atoms with van der Waals surface area (Å²) >= 11 is 6.13. The Bertz CT molecular complexity index is 1010. The number of aryl methyl sites for hydroxylation is 1. The first-order valence-corrected chi connectivity index (χ1v) is 9.96. The molecule has 3 aromatic rings. The highest BCUT2D eigenvalue weighted by Gasteiger charge is 2.35. The van der Waals surface area contributed by atoms with Gasteiger partial charge in [-0.1, -0.05) is 24.4 Å². The molecule has 0 amide bonds. The molecule has 0 atom stereocenters. The molecule has 1 aliphatic carbocycles. The van der Waals surface area contributed by atoms with Crippen LogP contribution in [0, 0.1) is 6.92 Å². The smallest absolute Gasteiger partial charge is 0.184 e. The number of H-pyrrole nitrogens is 2. The van der Waals surface area contributed by atoms with Crippen LogP contribution in [-0.4, -0.2) is 28.6 Å². The lowest BCUT2D eigenvalue weighted by Crippen LogP contribution is -2.18. The van der Waals surface area contributed by atoms with Crippen LogP contribution < -0.4 is 0 Å². The fourth-order valence-electron chi connectivity index (χ4n) is 3.51. The van der Waals surface area contributed by atoms with Gasteiger partial charge >= 0.3 is 0 Å². The number of aromatic nitrogens is 3. The molecule has 2 aromatic heterocycles. The van der Waals surface area contributed by atoms with Gasteiger partial charge in [-0.15, -0.1) is 0 Å². The summed E-state index contributed by atoms with van der Waals surface area (Å²) in [5.41, 5.74) is 2.15. The Labute approximate surface area is 145 Å². The van der Waals surface area contributed by atoms with Gasteiger partial charge in [0.05, 0.1) is 5.25 Å². The van der Waals surface area contributed by atoms with Crippen LogP contribution in [0.2, 0.25) is 5.02 Å². The van der Waals surface area contributed by atoms with E-state index >= 15 is 0 Å². The highest BCUT2D eigenvalue weighted by Crippen LogP contribution is 2.39. The minimum absolute atomic E-state index is 0.321. The molecule has 5 nitrogen and oxygen atoms in total. The highest BCUT2D eigenvalue weighted by molar-refractivity contribution is 7.92. The lowest BCUT2D eigenvalue weighted by molar-refractivity contribution is 0.581. The summed E-state index contributed by atoms with van der Waals surface area (Å²) in [6, 6.07) is 5.28. The number of aromatic amines is 2. The molecule has 7 heteroatoms. The maximum Gasteiger partial charge on any atom is 0.184 e. The van der Waals surface area contributed by atoms with Crippen LogP contribution in [0.5, 0.6) is 0 Å². The topological polar surface area (TPSA) is 78.6 Å². The van der Waals surface area contributed by atoms with E-state index < -0.39 is 9.84 Å². The zero-order valence-corrected chi connectivity index (χ0v) is 14.8. The van der Waals surface area contributed by atoms with Crippen molar-refractivity contribution in [1.29, 1.82) is 0 Å². The molecular weight excluding hydrogens is 346 g/mol. The molecule has 2 heterocycles. The molecule has 0 saturated heterocycles. The summed E-state index contributed by atoms with van der Waals surface area (Å²) in [5.74, 6) is 0.538. The molecule has 0 radical (unpaired) electrons. The lowest BCUT2D eigenvalue weighted by Gasteiger charge is -2.12. The van der Waals surface area contributed by atoms with Crippen LogP contribution in [0.15, 0.2) is 29.3 Å². The molecule has 1 saturated carbocycles. The Morgan fingerprint density at radius 3 is 2.62 bits per heavy atom. The average Bonchev–Trinajstić information content (AvgIpc) is 3.25. The van der Waals surface area contributed by atoms with Crippen LogP contribution >= 0.6 is 11.6 Å². The Hall–Kier alpha value is -1.79. The third kappa shape index (κ3) is 2.45. The highest BCUT2D eigenvalue weighted by atomic mass is 35.5. The van der Waals surface area contributed by atoms with Crippen molar-refractivity contribution in [1.82, 2.24) is 15.0 Å². The summed E-state index contributed by atoms with van der Waals surface area (Å²) in [6.07, 6.45) is 5.04. The normalized spacial score (nSPS) is 16.2. The standard InChI is InChI=1S/C17H18ClN3O2S/c1-10-9-19-17(20-10)15-16(24(22,23)12-4-2-3-5-12)13-8-11(18)6-7-14(13)21-15/h6-9,12,21H,2-5H2,1H3,(H,19,20). The summed E-state index contributed by atoms with van der Waals surface area (Å²) in [4.78, 5) is 11.0. The second-order valence-corrected chi connectivity index (χ2v) is 8.99. The molecule has 1 fully saturated rings. The van der Waals surface area contributed by atoms with Gasteiger partial charge in [-0.25, -0.2) is 13.4 Å². The van der Waals surface area contributed by atoms with Crippen molar-refractivity contribution in [2.75, 3.05) is 0 Å². The van der Waals surface area contributed by atoms with E-state index in [0.717, 1.165) is 24.1 Å². The molecule has 0 aliphatic heterocycles. The Morgan fingerprint density at radius 1 is 1.21 bits per heavy atom. The van der Waals surface area contributed by atoms with Crippen molar-refractivity contribution >= 4 is 32.3 Å². The van der Waals surface area contributed by atoms with Crippen LogP contribution in [0.3, 0.4) is 0 Å². The third-order valence-electron chi connectivity index (χ3n) is 4.68. The van der Waals surface area contributed by atoms with Crippen LogP contribution in [0.4, 0.5) is 0 Å². The number of rotatable bonds is 3. The van der Waals surface area contributed by atoms with Crippen molar-refractivity contribution < 1.29 is 8.42 Å². The number of imidazole rings is 1. The van der Waals surface area contributed by atoms with Gasteiger partial charge in [-0.3, -0.25) is 0 Å². The molecule has 126 valence electrons. The Kier molecular flexibility index (Phi) is 3.69. The SMILES string of the molecule is Cc1cnc(-c2[nH]c3ccc(Cl)cc3c2S(=O)(=O)C2CCCC2)[nH]1. The second-order valence-electron chi connectivity index (χ2n) is 6.39. The van der Waals surface area contributed by atoms with Gasteiger partial charge in [-0.05, 0) is 38.0 Å². The second kappa shape index (κ2) is 5.63. The van der Waals surface area contributed by atoms with Crippen LogP contribution in [0.1, 0.15) is 31.4 Å². The van der Waals surface area contributed by atoms with E-state index in [1.807, 2.05) is 13.0 Å². The number of hydrogen-bond acceptors (Lipinski definition) is 3. The van der Waals surface area contributed by atoms with Gasteiger partial charge < -0.3 is 9.97 Å². The third-order valence-corrected chi connectivity index (χ3v) is 7.26. The largest absolute Gasteiger partial charge is 0.351 e. The number of fused-ring (bicyclic) bond motifs is 1. The number of benzene rings is 1. The van der Waals surface area contributed by atoms with Crippen LogP contribution in [0.25, 0.3) is 22.4 Å². The van der Waals surface area contributed by atoms with E-state index in [9.17, 15) is 8.42 Å². The maximum absolute atomic E-state index is 13.3. The quantitative estimate of drug-likeness (QED) is 0.730. The van der Waals surface area contributed by atoms with Crippen molar-refractivity contribution in [2.24, 2.45) is 0 Å². The predicted octanol–water partition coefficient (Wildman–Crippen LogP) is 4.24. The summed E-state index contributed by atoms with van der Waals surface area (Å²) in [6.45, 7) is 1.89. The first-order valence-electron chi connectivity index (χ1n) is 8.04. The van der Waals surface area contributed by atoms with E-state index in [4.69, 9.17) is 11.6 Å². The van der Waals surface area contributed by atoms with Gasteiger partial charge in [0, 0.05) is 27.8 Å². The zero-order valence-electron chi connectivity index (χ0n) is 13.3. The van der Waals surface area contributed by atoms with Gasteiger partial charge in [0.15, 0.2) is 15.7 Å². The average molecular weight is 364 g/mol. The number of sulfone groups is 1. The first-order chi connectivity index (χ1) is 11.5. The van der Waals surface area contributed by atoms with Gasteiger partial charge in [0.1, 0.15) is 10.6 Å². The number of nitrogens with zero attached hydrogens (tertiary/aromatic N) is 1. The number of halogens is 1. The van der Waals surface area contributed by atoms with E-state index in [1.54, 1.807) is 18.3 Å². The summed E-state index contributed by atoms with van der Waals surface area (Å²) in [7, 11) is -3.46. The Balaban J connectivity index is 2.02. The molecule has 2 N–H and O–H groups in total. The van der Waals surface area contributed by atoms with Crippen molar-refractivity contribution in [3.8, 4) is 11.5 Å². The zero-order chi connectivity index (χ0) is 16.9. The lowest BCUT2D eigenvalue weighted by atomic mass is 10.2. The van der Waals surface area contributed by atoms with Gasteiger partial charge in [0.25, 0.3) is 0 Å². The minimum Gasteiger partial charge on any atom is -0.351 e. The molecule has 0 unspecified atom stereocenters. The molecule has 4 rings (SSSR count). The fourth-order valence-corrected chi connectivity index (χ4v) is 5.87. The molecule has 0 bridgehead atoms. The molecule has 24 heavy (non-hydrogen) atoms. The monoisotopic (exact) mass is 363 g/mol. The van der Waals surface area contributed by atoms with Crippen molar-refractivity contribution in [3.05, 3.63) is 35.1 Å². The van der Waals surface area contributed by atoms with E-state index in [0.29, 0.717) is 39.7 Å². The van der Waals surface area contributed by atoms with Crippen molar-refractivity contribution in [2.45, 2.75) is 42.8 Å². The number of nitrogens with one attached hydrogen (secondary N) is 2.